The first-order valence-electron chi connectivity index (χ1n) is 5.69. The summed E-state index contributed by atoms with van der Waals surface area (Å²) in [6.07, 6.45) is 2.72. The summed E-state index contributed by atoms with van der Waals surface area (Å²) < 4.78 is 4.97. The van der Waals surface area contributed by atoms with Gasteiger partial charge in [0.25, 0.3) is 0 Å². The van der Waals surface area contributed by atoms with E-state index >= 15 is 0 Å². The highest BCUT2D eigenvalue weighted by atomic mass is 35.5. The van der Waals surface area contributed by atoms with Crippen LogP contribution < -0.4 is 10.7 Å². The second kappa shape index (κ2) is 6.92. The van der Waals surface area contributed by atoms with E-state index in [9.17, 15) is 9.59 Å². The molecule has 2 rings (SSSR count). The highest BCUT2D eigenvalue weighted by Crippen LogP contribution is 2.25. The number of anilines is 1. The monoisotopic (exact) mass is 325 g/mol. The molecule has 8 heteroatoms. The van der Waals surface area contributed by atoms with Crippen LogP contribution in [0.4, 0.5) is 5.69 Å². The van der Waals surface area contributed by atoms with Crippen molar-refractivity contribution in [1.29, 1.82) is 0 Å². The third-order valence-corrected chi connectivity index (χ3v) is 2.85. The molecule has 0 aliphatic rings. The van der Waals surface area contributed by atoms with Crippen molar-refractivity contribution in [2.45, 2.75) is 0 Å². The number of carbonyl (C=O) groups excluding carboxylic acids is 2. The van der Waals surface area contributed by atoms with Gasteiger partial charge in [-0.25, -0.2) is 5.43 Å². The molecule has 0 aliphatic heterocycles. The zero-order valence-electron chi connectivity index (χ0n) is 10.5. The quantitative estimate of drug-likeness (QED) is 0.517. The molecule has 0 atom stereocenters. The fraction of sp³-hybridized carbons (Fsp3) is 0. The second-order valence-corrected chi connectivity index (χ2v) is 4.64. The molecule has 6 nitrogen and oxygen atoms in total. The lowest BCUT2D eigenvalue weighted by Crippen LogP contribution is -2.32. The lowest BCUT2D eigenvalue weighted by Gasteiger charge is -2.06. The molecular weight excluding hydrogens is 317 g/mol. The van der Waals surface area contributed by atoms with E-state index in [-0.39, 0.29) is 10.7 Å². The van der Waals surface area contributed by atoms with Crippen LogP contribution in [0.5, 0.6) is 0 Å². The van der Waals surface area contributed by atoms with Gasteiger partial charge in [-0.1, -0.05) is 23.2 Å². The molecule has 2 amide bonds. The fourth-order valence-electron chi connectivity index (χ4n) is 1.34. The van der Waals surface area contributed by atoms with Crippen LogP contribution in [-0.4, -0.2) is 18.0 Å². The second-order valence-electron chi connectivity index (χ2n) is 3.79. The topological polar surface area (TPSA) is 83.7 Å². The summed E-state index contributed by atoms with van der Waals surface area (Å²) in [5.41, 5.74) is 2.29. The van der Waals surface area contributed by atoms with E-state index in [4.69, 9.17) is 27.6 Å². The highest BCUT2D eigenvalue weighted by Gasteiger charge is 2.14. The molecule has 1 aromatic carbocycles. The molecule has 1 heterocycles. The fourth-order valence-corrected chi connectivity index (χ4v) is 1.68. The smallest absolute Gasteiger partial charge is 0.329 e. The highest BCUT2D eigenvalue weighted by molar-refractivity contribution is 6.42. The molecule has 0 radical (unpaired) electrons. The van der Waals surface area contributed by atoms with Crippen LogP contribution >= 0.6 is 23.2 Å². The van der Waals surface area contributed by atoms with Crippen molar-refractivity contribution >= 4 is 46.9 Å². The van der Waals surface area contributed by atoms with E-state index in [1.807, 2.05) is 0 Å². The van der Waals surface area contributed by atoms with Gasteiger partial charge in [0, 0.05) is 5.02 Å². The van der Waals surface area contributed by atoms with Gasteiger partial charge in [0.1, 0.15) is 5.76 Å². The summed E-state index contributed by atoms with van der Waals surface area (Å²) in [4.78, 5) is 23.2. The maximum Gasteiger partial charge on any atom is 0.329 e. The van der Waals surface area contributed by atoms with Gasteiger partial charge in [-0.05, 0) is 30.3 Å². The zero-order chi connectivity index (χ0) is 15.2. The minimum atomic E-state index is -0.950. The van der Waals surface area contributed by atoms with E-state index < -0.39 is 11.8 Å². The molecule has 0 saturated heterocycles. The Kier molecular flexibility index (Phi) is 4.97. The van der Waals surface area contributed by atoms with Crippen LogP contribution in [0.15, 0.2) is 46.1 Å². The average Bonchev–Trinajstić information content (AvgIpc) is 2.96. The molecule has 0 aliphatic carbocycles. The number of rotatable bonds is 3. The molecule has 2 N–H and O–H groups in total. The lowest BCUT2D eigenvalue weighted by molar-refractivity contribution is -0.136. The van der Waals surface area contributed by atoms with Gasteiger partial charge in [-0.15, -0.1) is 0 Å². The number of benzene rings is 1. The first kappa shape index (κ1) is 15.1. The standard InChI is InChI=1S/C13H9Cl2N3O3/c14-8-3-4-10(15)11(6-8)17-12(19)13(20)18-16-7-9-2-1-5-21-9/h1-7H,(H,17,19)(H,18,20)/b16-7+. The Labute approximate surface area is 129 Å². The minimum absolute atomic E-state index is 0.235. The van der Waals surface area contributed by atoms with E-state index in [1.165, 1.54) is 24.6 Å². The van der Waals surface area contributed by atoms with Crippen molar-refractivity contribution in [2.75, 3.05) is 5.32 Å². The lowest BCUT2D eigenvalue weighted by atomic mass is 10.3. The summed E-state index contributed by atoms with van der Waals surface area (Å²) in [5, 5.41) is 6.55. The average molecular weight is 326 g/mol. The summed E-state index contributed by atoms with van der Waals surface area (Å²) in [7, 11) is 0. The van der Waals surface area contributed by atoms with Crippen LogP contribution in [-0.2, 0) is 9.59 Å². The van der Waals surface area contributed by atoms with Crippen molar-refractivity contribution in [3.8, 4) is 0 Å². The zero-order valence-corrected chi connectivity index (χ0v) is 12.0. The molecular formula is C13H9Cl2N3O3. The third-order valence-electron chi connectivity index (χ3n) is 2.28. The van der Waals surface area contributed by atoms with Crippen molar-refractivity contribution in [2.24, 2.45) is 5.10 Å². The maximum absolute atomic E-state index is 11.6. The molecule has 0 bridgehead atoms. The minimum Gasteiger partial charge on any atom is -0.463 e. The first-order valence-corrected chi connectivity index (χ1v) is 6.45. The van der Waals surface area contributed by atoms with Crippen molar-refractivity contribution < 1.29 is 14.0 Å². The van der Waals surface area contributed by atoms with Gasteiger partial charge in [0.05, 0.1) is 23.2 Å². The largest absolute Gasteiger partial charge is 0.463 e. The SMILES string of the molecule is O=C(N/N=C/c1ccco1)C(=O)Nc1cc(Cl)ccc1Cl. The molecule has 0 saturated carbocycles. The normalized spacial score (nSPS) is 10.6. The number of halogens is 2. The number of hydrogen-bond donors (Lipinski definition) is 2. The third kappa shape index (κ3) is 4.34. The van der Waals surface area contributed by atoms with Crippen LogP contribution in [0.2, 0.25) is 10.0 Å². The molecule has 21 heavy (non-hydrogen) atoms. The van der Waals surface area contributed by atoms with E-state index in [0.717, 1.165) is 0 Å². The Bertz CT molecular complexity index is 684. The van der Waals surface area contributed by atoms with Gasteiger partial charge < -0.3 is 9.73 Å². The number of furan rings is 1. The molecule has 2 aromatic rings. The number of amides is 2. The van der Waals surface area contributed by atoms with Crippen LogP contribution in [0.25, 0.3) is 0 Å². The predicted octanol–water partition coefficient (Wildman–Crippen LogP) is 2.68. The van der Waals surface area contributed by atoms with E-state index in [0.29, 0.717) is 10.8 Å². The molecule has 0 unspecified atom stereocenters. The van der Waals surface area contributed by atoms with Gasteiger partial charge in [-0.2, -0.15) is 5.10 Å². The van der Waals surface area contributed by atoms with Crippen LogP contribution in [0, 0.1) is 0 Å². The summed E-state index contributed by atoms with van der Waals surface area (Å²) in [5.74, 6) is -1.43. The van der Waals surface area contributed by atoms with Crippen LogP contribution in [0.3, 0.4) is 0 Å². The summed E-state index contributed by atoms with van der Waals surface area (Å²) >= 11 is 11.6. The van der Waals surface area contributed by atoms with Gasteiger partial charge in [0.15, 0.2) is 0 Å². The molecule has 0 fully saturated rings. The first-order chi connectivity index (χ1) is 10.1. The number of hydrazone groups is 1. The summed E-state index contributed by atoms with van der Waals surface area (Å²) in [6.45, 7) is 0. The molecule has 1 aromatic heterocycles. The van der Waals surface area contributed by atoms with E-state index in [1.54, 1.807) is 18.2 Å². The van der Waals surface area contributed by atoms with Gasteiger partial charge in [-0.3, -0.25) is 9.59 Å². The Balaban J connectivity index is 1.93. The van der Waals surface area contributed by atoms with Gasteiger partial charge >= 0.3 is 11.8 Å². The Morgan fingerprint density at radius 3 is 2.71 bits per heavy atom. The van der Waals surface area contributed by atoms with E-state index in [2.05, 4.69) is 15.8 Å². The number of hydrogen-bond acceptors (Lipinski definition) is 4. The van der Waals surface area contributed by atoms with Crippen LogP contribution in [0.1, 0.15) is 5.76 Å². The molecule has 108 valence electrons. The van der Waals surface area contributed by atoms with Crippen molar-refractivity contribution in [1.82, 2.24) is 5.43 Å². The number of carbonyl (C=O) groups is 2. The Morgan fingerprint density at radius 1 is 1.19 bits per heavy atom. The maximum atomic E-state index is 11.6. The Hall–Kier alpha value is -2.31. The predicted molar refractivity (Wildman–Crippen MR) is 79.5 cm³/mol. The Morgan fingerprint density at radius 2 is 2.00 bits per heavy atom. The molecule has 0 spiro atoms. The summed E-state index contributed by atoms with van der Waals surface area (Å²) in [6, 6.07) is 7.80. The van der Waals surface area contributed by atoms with Gasteiger partial charge in [0.2, 0.25) is 0 Å². The van der Waals surface area contributed by atoms with Crippen molar-refractivity contribution in [3.05, 3.63) is 52.4 Å². The van der Waals surface area contributed by atoms with Crippen molar-refractivity contribution in [3.63, 3.8) is 0 Å². The number of nitrogens with one attached hydrogen (secondary N) is 2. The number of nitrogens with zero attached hydrogens (tertiary/aromatic N) is 1.